The van der Waals surface area contributed by atoms with E-state index in [-0.39, 0.29) is 0 Å². The van der Waals surface area contributed by atoms with Crippen molar-refractivity contribution in [3.05, 3.63) is 194 Å². The van der Waals surface area contributed by atoms with Gasteiger partial charge in [0, 0.05) is 23.1 Å². The Kier molecular flexibility index (Phi) is 13.1. The number of pyridine rings is 1. The van der Waals surface area contributed by atoms with Crippen molar-refractivity contribution in [2.75, 3.05) is 0 Å². The van der Waals surface area contributed by atoms with Crippen molar-refractivity contribution in [3.8, 4) is 0 Å². The highest BCUT2D eigenvalue weighted by Gasteiger charge is 2.52. The van der Waals surface area contributed by atoms with Crippen molar-refractivity contribution in [1.82, 2.24) is 0 Å². The molecule has 6 aromatic carbocycles. The Morgan fingerprint density at radius 2 is 0.631 bits per heavy atom. The molecule has 0 radical (unpaired) electrons. The van der Waals surface area contributed by atoms with Crippen molar-refractivity contribution in [1.29, 1.82) is 0 Å². The molecule has 1 nitrogen and oxygen atoms in total. The second kappa shape index (κ2) is 17.8. The number of para-hydroxylation sites is 1. The number of fused-ring (bicyclic) bond motifs is 1. The summed E-state index contributed by atoms with van der Waals surface area (Å²) in [4.78, 5) is 0. The predicted octanol–water partition coefficient (Wildman–Crippen LogP) is 10.1. The van der Waals surface area contributed by atoms with Gasteiger partial charge in [-0.15, -0.1) is 21.9 Å². The third kappa shape index (κ3) is 7.58. The highest BCUT2D eigenvalue weighted by molar-refractivity contribution is 7.20. The largest absolute Gasteiger partial charge is 0.212 e. The maximum Gasteiger partial charge on any atom is 0.212 e. The monoisotopic (exact) mass is 941 g/mol. The molecule has 7 rings (SSSR count). The Bertz CT molecular complexity index is 2660. The first-order valence-corrected chi connectivity index (χ1v) is 18.1. The summed E-state index contributed by atoms with van der Waals surface area (Å²) < 4.78 is 296. The summed E-state index contributed by atoms with van der Waals surface area (Å²) in [5.74, 6) is -70.8. The molecule has 340 valence electrons. The number of nitrogens with zero attached hydrogens (tertiary/aromatic N) is 1. The maximum atomic E-state index is 15.4. The first-order chi connectivity index (χ1) is 30.4. The third-order valence-corrected chi connectivity index (χ3v) is 10.5. The van der Waals surface area contributed by atoms with E-state index in [0.717, 1.165) is 6.54 Å². The van der Waals surface area contributed by atoms with Gasteiger partial charge < -0.3 is 0 Å². The van der Waals surface area contributed by atoms with Crippen molar-refractivity contribution < 1.29 is 92.4 Å². The van der Waals surface area contributed by atoms with Crippen LogP contribution in [0.5, 0.6) is 0 Å². The second-order valence-electron chi connectivity index (χ2n) is 14.4. The van der Waals surface area contributed by atoms with E-state index in [2.05, 4.69) is 85.3 Å². The molecule has 0 fully saturated rings. The van der Waals surface area contributed by atoms with Crippen LogP contribution in [-0.4, -0.2) is 6.15 Å². The topological polar surface area (TPSA) is 3.88 Å². The Labute approximate surface area is 351 Å². The summed E-state index contributed by atoms with van der Waals surface area (Å²) in [6, 6.07) is 21.8. The van der Waals surface area contributed by atoms with Gasteiger partial charge in [-0.05, 0) is 23.6 Å². The first-order valence-electron chi connectivity index (χ1n) is 18.1. The molecule has 0 aliphatic heterocycles. The highest BCUT2D eigenvalue weighted by atomic mass is 19.2. The Hall–Kier alpha value is -6.61. The molecule has 0 saturated carbocycles. The molecule has 22 heteroatoms. The number of benzene rings is 6. The van der Waals surface area contributed by atoms with E-state index < -0.39 is 144 Å². The lowest BCUT2D eigenvalue weighted by Gasteiger charge is -2.44. The highest BCUT2D eigenvalue weighted by Crippen LogP contribution is 2.31. The number of rotatable bonds is 7. The zero-order chi connectivity index (χ0) is 48.3. The fourth-order valence-electron chi connectivity index (χ4n) is 7.44. The van der Waals surface area contributed by atoms with Gasteiger partial charge in [-0.25, -0.2) is 87.8 Å². The van der Waals surface area contributed by atoms with E-state index >= 15 is 35.1 Å². The molecule has 0 unspecified atom stereocenters. The zero-order valence-electron chi connectivity index (χ0n) is 32.2. The Morgan fingerprint density at radius 1 is 0.354 bits per heavy atom. The molecule has 0 amide bonds. The van der Waals surface area contributed by atoms with Crippen molar-refractivity contribution in [3.63, 3.8) is 0 Å². The molecule has 7 aromatic rings. The quantitative estimate of drug-likeness (QED) is 0.0493. The molecule has 0 saturated heterocycles. The fourth-order valence-corrected chi connectivity index (χ4v) is 7.44. The smallest absolute Gasteiger partial charge is 0.207 e. The van der Waals surface area contributed by atoms with Gasteiger partial charge in [0.15, 0.2) is 82.5 Å². The number of aromatic nitrogens is 1. The number of hydrogen-bond acceptors (Lipinski definition) is 0. The first kappa shape index (κ1) is 47.9. The predicted molar refractivity (Wildman–Crippen MR) is 193 cm³/mol. The van der Waals surface area contributed by atoms with Crippen LogP contribution in [-0.2, 0) is 6.54 Å². The minimum atomic E-state index is -7.22. The van der Waals surface area contributed by atoms with Crippen molar-refractivity contribution in [2.24, 2.45) is 0 Å². The molecule has 65 heavy (non-hydrogen) atoms. The van der Waals surface area contributed by atoms with Gasteiger partial charge in [0.25, 0.3) is 0 Å². The van der Waals surface area contributed by atoms with Gasteiger partial charge >= 0.3 is 0 Å². The summed E-state index contributed by atoms with van der Waals surface area (Å²) in [6.07, 6.45) is -5.07. The second-order valence-corrected chi connectivity index (χ2v) is 14.4. The molecule has 0 spiro atoms. The van der Waals surface area contributed by atoms with Gasteiger partial charge in [-0.1, -0.05) is 50.2 Å². The summed E-state index contributed by atoms with van der Waals surface area (Å²) >= 11 is 0. The Balaban J connectivity index is 0.000000289. The minimum Gasteiger partial charge on any atom is -0.207 e. The van der Waals surface area contributed by atoms with E-state index in [1.807, 2.05) is 0 Å². The van der Waals surface area contributed by atoms with E-state index in [1.54, 1.807) is 0 Å². The molecule has 0 aliphatic rings. The lowest BCUT2D eigenvalue weighted by atomic mass is 9.12. The standard InChI is InChI=1S/C24BF20.C19H20N/c26-5-1(6(27)14(35)21(42)13(5)34)25(2-7(28)15(36)22(43)16(37)8(2)29,3-9(30)17(38)23(44)18(39)10(3)31)4-11(32)19(40)24(45)20(41)12(4)33;1-15(2)17-11-9-16(10-12-17)14-20-13-5-7-18-6-3-4-8-19(18)20/h;3-13,15H,14H2,1-2H3/q-1;+1. The van der Waals surface area contributed by atoms with Crippen LogP contribution >= 0.6 is 0 Å². The van der Waals surface area contributed by atoms with Crippen molar-refractivity contribution in [2.45, 2.75) is 26.3 Å². The van der Waals surface area contributed by atoms with Gasteiger partial charge in [0.2, 0.25) is 5.52 Å². The van der Waals surface area contributed by atoms with Crippen LogP contribution < -0.4 is 26.4 Å². The number of halogens is 20. The molecule has 0 atom stereocenters. The SMILES string of the molecule is CC(C)c1ccc(C[n+]2cccc3ccccc32)cc1.Fc1c(F)c(F)c([B-](c2c(F)c(F)c(F)c(F)c2F)(c2c(F)c(F)c(F)c(F)c2F)c2c(F)c(F)c(F)c(F)c2F)c(F)c1F. The lowest BCUT2D eigenvalue weighted by Crippen LogP contribution is -2.81. The molecule has 1 aromatic heterocycles. The van der Waals surface area contributed by atoms with Crippen LogP contribution in [0.1, 0.15) is 30.9 Å². The Morgan fingerprint density at radius 3 is 0.938 bits per heavy atom. The molecule has 0 bridgehead atoms. The molecular weight excluding hydrogens is 921 g/mol. The third-order valence-electron chi connectivity index (χ3n) is 10.5. The van der Waals surface area contributed by atoms with E-state index in [0.29, 0.717) is 5.92 Å². The summed E-state index contributed by atoms with van der Waals surface area (Å²) in [7, 11) is 0. The molecular formula is C43H20BF20N. The van der Waals surface area contributed by atoms with Gasteiger partial charge in [0.05, 0.1) is 0 Å². The summed E-state index contributed by atoms with van der Waals surface area (Å²) in [5, 5.41) is 1.29. The van der Waals surface area contributed by atoms with Crippen LogP contribution in [0.2, 0.25) is 0 Å². The van der Waals surface area contributed by atoms with Crippen molar-refractivity contribution >= 4 is 38.9 Å². The van der Waals surface area contributed by atoms with Crippen LogP contribution in [0, 0.1) is 116 Å². The van der Waals surface area contributed by atoms with Crippen LogP contribution in [0.3, 0.4) is 0 Å². The van der Waals surface area contributed by atoms with Gasteiger partial charge in [0.1, 0.15) is 52.7 Å². The summed E-state index contributed by atoms with van der Waals surface area (Å²) in [5.41, 5.74) is -10.3. The average Bonchev–Trinajstić information content (AvgIpc) is 3.29. The van der Waals surface area contributed by atoms with Crippen LogP contribution in [0.25, 0.3) is 10.9 Å². The van der Waals surface area contributed by atoms with Crippen LogP contribution in [0.15, 0.2) is 66.9 Å². The van der Waals surface area contributed by atoms with Crippen LogP contribution in [0.4, 0.5) is 87.8 Å². The van der Waals surface area contributed by atoms with E-state index in [4.69, 9.17) is 0 Å². The lowest BCUT2D eigenvalue weighted by molar-refractivity contribution is -0.662. The maximum absolute atomic E-state index is 15.4. The summed E-state index contributed by atoms with van der Waals surface area (Å²) in [6.45, 7) is 5.38. The molecule has 0 aliphatic carbocycles. The van der Waals surface area contributed by atoms with E-state index in [9.17, 15) is 52.7 Å². The minimum absolute atomic E-state index is 0.592. The normalized spacial score (nSPS) is 11.7. The van der Waals surface area contributed by atoms with Gasteiger partial charge in [-0.3, -0.25) is 0 Å². The molecule has 0 N–H and O–H groups in total. The number of hydrogen-bond donors (Lipinski definition) is 0. The van der Waals surface area contributed by atoms with Gasteiger partial charge in [-0.2, -0.15) is 4.57 Å². The fraction of sp³-hybridized carbons (Fsp3) is 0.0930. The average molecular weight is 941 g/mol. The zero-order valence-corrected chi connectivity index (χ0v) is 32.2. The molecule has 1 heterocycles. The van der Waals surface area contributed by atoms with E-state index in [1.165, 1.54) is 22.0 Å².